The molecule has 0 radical (unpaired) electrons. The predicted octanol–water partition coefficient (Wildman–Crippen LogP) is 2.44. The third-order valence-electron chi connectivity index (χ3n) is 3.76. The van der Waals surface area contributed by atoms with Crippen molar-refractivity contribution in [1.82, 2.24) is 4.31 Å². The topological polar surface area (TPSA) is 49.7 Å². The van der Waals surface area contributed by atoms with Gasteiger partial charge in [-0.25, -0.2) is 9.29 Å². The smallest absolute Gasteiger partial charge is 0.284 e. The standard InChI is InChI=1S/C17H20N4OS/c1-13-6-8-15(9-7-13)21-11-10-20(12-17(21)22)23-19-16-5-3-4-14(2)18-16/h3-9H,10-12H2,1-2H3,(H,18,19)/p+1. The largest absolute Gasteiger partial charge is 0.310 e. The summed E-state index contributed by atoms with van der Waals surface area (Å²) in [6.45, 7) is 5.99. The van der Waals surface area contributed by atoms with Crippen LogP contribution in [0.4, 0.5) is 11.5 Å². The van der Waals surface area contributed by atoms with E-state index >= 15 is 0 Å². The zero-order valence-corrected chi connectivity index (χ0v) is 14.2. The van der Waals surface area contributed by atoms with Crippen molar-refractivity contribution in [2.75, 3.05) is 29.3 Å². The van der Waals surface area contributed by atoms with Gasteiger partial charge in [-0.3, -0.25) is 4.79 Å². The second-order valence-electron chi connectivity index (χ2n) is 5.69. The molecule has 1 aromatic carbocycles. The lowest BCUT2D eigenvalue weighted by Crippen LogP contribution is -2.48. The zero-order chi connectivity index (χ0) is 16.2. The molecular formula is C17H21N4OS+. The van der Waals surface area contributed by atoms with E-state index in [1.807, 2.05) is 65.5 Å². The van der Waals surface area contributed by atoms with E-state index in [0.29, 0.717) is 13.1 Å². The Morgan fingerprint density at radius 1 is 1.09 bits per heavy atom. The highest BCUT2D eigenvalue weighted by molar-refractivity contribution is 7.98. The average molecular weight is 329 g/mol. The molecule has 1 amide bonds. The number of benzene rings is 1. The highest BCUT2D eigenvalue weighted by Gasteiger charge is 2.26. The van der Waals surface area contributed by atoms with Crippen LogP contribution in [-0.4, -0.2) is 29.8 Å². The third-order valence-corrected chi connectivity index (χ3v) is 4.64. The molecule has 1 aliphatic heterocycles. The fourth-order valence-electron chi connectivity index (χ4n) is 2.48. The van der Waals surface area contributed by atoms with Gasteiger partial charge >= 0.3 is 0 Å². The van der Waals surface area contributed by atoms with Crippen LogP contribution in [0, 0.1) is 13.8 Å². The number of aromatic nitrogens is 1. The second kappa shape index (κ2) is 7.02. The molecule has 0 bridgehead atoms. The number of piperazine rings is 1. The van der Waals surface area contributed by atoms with Crippen molar-refractivity contribution < 1.29 is 9.78 Å². The normalized spacial score (nSPS) is 15.7. The fraction of sp³-hybridized carbons (Fsp3) is 0.294. The van der Waals surface area contributed by atoms with Crippen molar-refractivity contribution in [2.45, 2.75) is 13.8 Å². The Labute approximate surface area is 141 Å². The molecule has 0 unspecified atom stereocenters. The number of H-pyrrole nitrogens is 1. The number of anilines is 2. The summed E-state index contributed by atoms with van der Waals surface area (Å²) in [6.07, 6.45) is 0. The number of hydrogen-bond donors (Lipinski definition) is 1. The molecule has 1 fully saturated rings. The van der Waals surface area contributed by atoms with Gasteiger partial charge in [-0.05, 0) is 32.0 Å². The molecule has 3 rings (SSSR count). The number of nitrogens with one attached hydrogen (secondary N) is 2. The van der Waals surface area contributed by atoms with Crippen molar-refractivity contribution in [3.8, 4) is 0 Å². The zero-order valence-electron chi connectivity index (χ0n) is 13.4. The maximum absolute atomic E-state index is 12.4. The first-order valence-electron chi connectivity index (χ1n) is 7.66. The molecule has 0 saturated carbocycles. The van der Waals surface area contributed by atoms with Crippen LogP contribution in [0.2, 0.25) is 0 Å². The highest BCUT2D eigenvalue weighted by Crippen LogP contribution is 2.21. The van der Waals surface area contributed by atoms with Crippen molar-refractivity contribution in [3.63, 3.8) is 0 Å². The molecule has 5 nitrogen and oxygen atoms in total. The van der Waals surface area contributed by atoms with Crippen LogP contribution in [0.25, 0.3) is 0 Å². The third kappa shape index (κ3) is 4.03. The minimum Gasteiger partial charge on any atom is -0.310 e. The first kappa shape index (κ1) is 15.8. The van der Waals surface area contributed by atoms with Crippen molar-refractivity contribution in [2.24, 2.45) is 0 Å². The van der Waals surface area contributed by atoms with Gasteiger partial charge in [0.25, 0.3) is 5.82 Å². The van der Waals surface area contributed by atoms with E-state index in [0.717, 1.165) is 23.7 Å². The van der Waals surface area contributed by atoms with Gasteiger partial charge in [0.15, 0.2) is 0 Å². The van der Waals surface area contributed by atoms with E-state index in [1.54, 1.807) is 0 Å². The molecule has 0 spiro atoms. The molecule has 120 valence electrons. The van der Waals surface area contributed by atoms with E-state index in [9.17, 15) is 4.79 Å². The molecular weight excluding hydrogens is 308 g/mol. The Morgan fingerprint density at radius 2 is 1.87 bits per heavy atom. The molecule has 0 aliphatic carbocycles. The molecule has 1 aliphatic rings. The molecule has 1 saturated heterocycles. The van der Waals surface area contributed by atoms with Crippen molar-refractivity contribution >= 4 is 29.5 Å². The predicted molar refractivity (Wildman–Crippen MR) is 94.1 cm³/mol. The van der Waals surface area contributed by atoms with E-state index in [2.05, 4.69) is 9.71 Å². The Morgan fingerprint density at radius 3 is 2.57 bits per heavy atom. The van der Waals surface area contributed by atoms with E-state index in [-0.39, 0.29) is 5.91 Å². The summed E-state index contributed by atoms with van der Waals surface area (Å²) in [5.74, 6) is 1.06. The molecule has 2 N–H and O–H groups in total. The van der Waals surface area contributed by atoms with Gasteiger partial charge in [0.2, 0.25) is 5.91 Å². The monoisotopic (exact) mass is 329 g/mol. The minimum absolute atomic E-state index is 0.127. The number of nitrogens with zero attached hydrogens (tertiary/aromatic N) is 2. The van der Waals surface area contributed by atoms with Crippen LogP contribution in [0.3, 0.4) is 0 Å². The number of hydrogen-bond acceptors (Lipinski definition) is 4. The maximum atomic E-state index is 12.4. The molecule has 1 aromatic heterocycles. The lowest BCUT2D eigenvalue weighted by Gasteiger charge is -2.32. The van der Waals surface area contributed by atoms with Gasteiger partial charge in [0.05, 0.1) is 12.2 Å². The minimum atomic E-state index is 0.127. The highest BCUT2D eigenvalue weighted by atomic mass is 32.2. The Balaban J connectivity index is 1.56. The Bertz CT molecular complexity index is 689. The van der Waals surface area contributed by atoms with Gasteiger partial charge in [-0.1, -0.05) is 23.8 Å². The number of amides is 1. The fourth-order valence-corrected chi connectivity index (χ4v) is 3.18. The summed E-state index contributed by atoms with van der Waals surface area (Å²) >= 11 is 1.47. The number of carbonyl (C=O) groups is 1. The van der Waals surface area contributed by atoms with Gasteiger partial charge in [0, 0.05) is 24.8 Å². The Kier molecular flexibility index (Phi) is 4.83. The van der Waals surface area contributed by atoms with Crippen molar-refractivity contribution in [1.29, 1.82) is 0 Å². The molecule has 2 aromatic rings. The quantitative estimate of drug-likeness (QED) is 0.876. The van der Waals surface area contributed by atoms with E-state index < -0.39 is 0 Å². The number of rotatable bonds is 4. The van der Waals surface area contributed by atoms with Crippen LogP contribution < -0.4 is 14.6 Å². The number of carbonyl (C=O) groups excluding carboxylic acids is 1. The summed E-state index contributed by atoms with van der Waals surface area (Å²) in [7, 11) is 0. The van der Waals surface area contributed by atoms with Crippen LogP contribution >= 0.6 is 12.1 Å². The summed E-state index contributed by atoms with van der Waals surface area (Å²) in [4.78, 5) is 17.5. The van der Waals surface area contributed by atoms with E-state index in [4.69, 9.17) is 0 Å². The first-order chi connectivity index (χ1) is 11.1. The van der Waals surface area contributed by atoms with Gasteiger partial charge in [0.1, 0.15) is 12.1 Å². The van der Waals surface area contributed by atoms with Gasteiger partial charge in [-0.2, -0.15) is 4.72 Å². The summed E-state index contributed by atoms with van der Waals surface area (Å²) in [5, 5.41) is 0. The second-order valence-corrected chi connectivity index (χ2v) is 6.59. The number of aromatic amines is 1. The summed E-state index contributed by atoms with van der Waals surface area (Å²) < 4.78 is 5.30. The summed E-state index contributed by atoms with van der Waals surface area (Å²) in [6, 6.07) is 14.1. The molecule has 23 heavy (non-hydrogen) atoms. The molecule has 6 heteroatoms. The van der Waals surface area contributed by atoms with Crippen molar-refractivity contribution in [3.05, 3.63) is 53.7 Å². The maximum Gasteiger partial charge on any atom is 0.284 e. The SMILES string of the molecule is Cc1ccc(N2CCN(SNc3cccc(C)[nH+]3)CC2=O)cc1. The Hall–Kier alpha value is -2.05. The van der Waals surface area contributed by atoms with Crippen LogP contribution in [0.5, 0.6) is 0 Å². The number of pyridine rings is 1. The average Bonchev–Trinajstić information content (AvgIpc) is 2.54. The van der Waals surface area contributed by atoms with E-state index in [1.165, 1.54) is 17.7 Å². The molecule has 2 heterocycles. The lowest BCUT2D eigenvalue weighted by atomic mass is 10.2. The lowest BCUT2D eigenvalue weighted by molar-refractivity contribution is -0.370. The van der Waals surface area contributed by atoms with Crippen LogP contribution in [-0.2, 0) is 4.79 Å². The van der Waals surface area contributed by atoms with Gasteiger partial charge < -0.3 is 4.90 Å². The van der Waals surface area contributed by atoms with Gasteiger partial charge in [-0.15, -0.1) is 0 Å². The van der Waals surface area contributed by atoms with Crippen LogP contribution in [0.1, 0.15) is 11.3 Å². The summed E-state index contributed by atoms with van der Waals surface area (Å²) in [5.41, 5.74) is 3.27. The first-order valence-corrected chi connectivity index (χ1v) is 8.43. The van der Waals surface area contributed by atoms with Crippen LogP contribution in [0.15, 0.2) is 42.5 Å². The number of aryl methyl sites for hydroxylation is 2. The molecule has 0 atom stereocenters.